The molecule has 3 aromatic rings. The van der Waals surface area contributed by atoms with Crippen molar-refractivity contribution in [1.82, 2.24) is 25.6 Å². The number of nitrogens with two attached hydrogens (primary N) is 1. The summed E-state index contributed by atoms with van der Waals surface area (Å²) in [6.07, 6.45) is 1.54. The third-order valence-electron chi connectivity index (χ3n) is 5.47. The molecular formula is C23H28F3N7O2. The van der Waals surface area contributed by atoms with Crippen LogP contribution < -0.4 is 21.7 Å². The van der Waals surface area contributed by atoms with Crippen LogP contribution in [0.15, 0.2) is 36.9 Å². The lowest BCUT2D eigenvalue weighted by molar-refractivity contribution is -0.143. The van der Waals surface area contributed by atoms with Crippen LogP contribution in [0.4, 0.5) is 23.7 Å². The fourth-order valence-electron chi connectivity index (χ4n) is 3.61. The molecule has 12 heteroatoms. The van der Waals surface area contributed by atoms with Crippen LogP contribution in [0, 0.1) is 5.92 Å². The number of nitrogens with one attached hydrogen (secondary N) is 4. The summed E-state index contributed by atoms with van der Waals surface area (Å²) < 4.78 is 38.0. The number of hydrogen-bond acceptors (Lipinski definition) is 5. The number of H-pyrrole nitrogens is 1. The second-order valence-corrected chi connectivity index (χ2v) is 8.86. The number of pyridine rings is 2. The molecule has 3 aromatic heterocycles. The lowest BCUT2D eigenvalue weighted by atomic mass is 9.80. The minimum atomic E-state index is -4.57. The summed E-state index contributed by atoms with van der Waals surface area (Å²) in [6.45, 7) is 5.48. The van der Waals surface area contributed by atoms with E-state index in [9.17, 15) is 22.8 Å². The maximum Gasteiger partial charge on any atom is 0.405 e. The Balaban J connectivity index is 1.97. The highest BCUT2D eigenvalue weighted by atomic mass is 19.4. The average molecular weight is 492 g/mol. The van der Waals surface area contributed by atoms with Crippen LogP contribution in [0.1, 0.15) is 33.3 Å². The Hall–Kier alpha value is -3.67. The normalized spacial score (nSPS) is 13.7. The van der Waals surface area contributed by atoms with Crippen molar-refractivity contribution in [3.63, 3.8) is 0 Å². The Morgan fingerprint density at radius 3 is 2.46 bits per heavy atom. The van der Waals surface area contributed by atoms with Gasteiger partial charge in [0.15, 0.2) is 0 Å². The molecule has 0 fully saturated rings. The molecule has 0 radical (unpaired) electrons. The van der Waals surface area contributed by atoms with Gasteiger partial charge in [0.25, 0.3) is 0 Å². The number of halogens is 3. The van der Waals surface area contributed by atoms with Gasteiger partial charge in [-0.2, -0.15) is 13.2 Å². The molecule has 0 unspecified atom stereocenters. The molecule has 0 spiro atoms. The first-order chi connectivity index (χ1) is 16.3. The number of amides is 3. The van der Waals surface area contributed by atoms with E-state index in [-0.39, 0.29) is 17.6 Å². The molecular weight excluding hydrogens is 463 g/mol. The minimum Gasteiger partial charge on any atom is -0.346 e. The lowest BCUT2D eigenvalue weighted by Crippen LogP contribution is -2.56. The van der Waals surface area contributed by atoms with E-state index >= 15 is 0 Å². The Bertz CT molecular complexity index is 1220. The number of urea groups is 1. The topological polar surface area (TPSA) is 138 Å². The Morgan fingerprint density at radius 2 is 1.83 bits per heavy atom. The number of carbonyl (C=O) groups excluding carboxylic acids is 2. The number of fused-ring (bicyclic) bond motifs is 1. The molecule has 9 nitrogen and oxygen atoms in total. The van der Waals surface area contributed by atoms with Crippen molar-refractivity contribution in [1.29, 1.82) is 0 Å². The zero-order valence-corrected chi connectivity index (χ0v) is 19.7. The monoisotopic (exact) mass is 491 g/mol. The quantitative estimate of drug-likeness (QED) is 0.344. The number of aromatic nitrogens is 3. The molecule has 3 amide bonds. The standard InChI is InChI=1S/C23H28F3N7O2/c1-12(2)23(27,20(34)31-11-22(24,25)26)15-5-14(7-28-8-15)18-10-30-19-17(18)6-16(9-29-19)33-21(35)32-13(3)4/h5-10,12-13H,11,27H2,1-4H3,(H,29,30)(H,31,34)(H2,32,33,35)/t23-/m1/s1. The molecule has 0 aliphatic carbocycles. The number of hydrogen-bond donors (Lipinski definition) is 5. The van der Waals surface area contributed by atoms with Crippen LogP contribution >= 0.6 is 0 Å². The summed E-state index contributed by atoms with van der Waals surface area (Å²) in [6, 6.07) is 2.93. The van der Waals surface area contributed by atoms with Gasteiger partial charge >= 0.3 is 12.2 Å². The van der Waals surface area contributed by atoms with Gasteiger partial charge in [0, 0.05) is 46.7 Å². The fourth-order valence-corrected chi connectivity index (χ4v) is 3.61. The molecule has 3 heterocycles. The predicted octanol–water partition coefficient (Wildman–Crippen LogP) is 3.64. The van der Waals surface area contributed by atoms with Crippen LogP contribution in [0.3, 0.4) is 0 Å². The summed E-state index contributed by atoms with van der Waals surface area (Å²) in [5, 5.41) is 8.00. The zero-order chi connectivity index (χ0) is 26.0. The van der Waals surface area contributed by atoms with E-state index in [2.05, 4.69) is 25.6 Å². The van der Waals surface area contributed by atoms with Crippen LogP contribution in [-0.2, 0) is 10.3 Å². The van der Waals surface area contributed by atoms with Gasteiger partial charge in [-0.25, -0.2) is 9.78 Å². The van der Waals surface area contributed by atoms with Crippen molar-refractivity contribution in [3.05, 3.63) is 42.5 Å². The van der Waals surface area contributed by atoms with E-state index in [1.54, 1.807) is 38.4 Å². The van der Waals surface area contributed by atoms with Gasteiger partial charge in [-0.15, -0.1) is 0 Å². The van der Waals surface area contributed by atoms with Gasteiger partial charge in [0.05, 0.1) is 11.9 Å². The van der Waals surface area contributed by atoms with Crippen molar-refractivity contribution >= 4 is 28.7 Å². The van der Waals surface area contributed by atoms with E-state index in [1.807, 2.05) is 19.2 Å². The number of alkyl halides is 3. The first kappa shape index (κ1) is 25.9. The predicted molar refractivity (Wildman–Crippen MR) is 126 cm³/mol. The fraction of sp³-hybridized carbons (Fsp3) is 0.391. The number of carbonyl (C=O) groups is 2. The molecule has 0 aromatic carbocycles. The SMILES string of the molecule is CC(C)NC(=O)Nc1cnc2[nH]cc(-c3cncc([C@@](N)(C(=O)NCC(F)(F)F)C(C)C)c3)c2c1. The zero-order valence-electron chi connectivity index (χ0n) is 19.7. The van der Waals surface area contributed by atoms with Crippen molar-refractivity contribution in [2.24, 2.45) is 11.7 Å². The van der Waals surface area contributed by atoms with E-state index in [0.717, 1.165) is 0 Å². The highest BCUT2D eigenvalue weighted by Crippen LogP contribution is 2.33. The van der Waals surface area contributed by atoms with Gasteiger partial charge in [-0.05, 0) is 31.9 Å². The first-order valence-electron chi connectivity index (χ1n) is 11.0. The molecule has 0 saturated carbocycles. The lowest BCUT2D eigenvalue weighted by Gasteiger charge is -2.32. The van der Waals surface area contributed by atoms with E-state index in [0.29, 0.717) is 27.8 Å². The average Bonchev–Trinajstić information content (AvgIpc) is 3.19. The molecule has 0 aliphatic heterocycles. The largest absolute Gasteiger partial charge is 0.405 e. The summed E-state index contributed by atoms with van der Waals surface area (Å²) in [5.41, 5.74) is 7.15. The van der Waals surface area contributed by atoms with Crippen molar-refractivity contribution < 1.29 is 22.8 Å². The second-order valence-electron chi connectivity index (χ2n) is 8.86. The van der Waals surface area contributed by atoms with Crippen molar-refractivity contribution in [2.75, 3.05) is 11.9 Å². The third kappa shape index (κ3) is 5.88. The molecule has 0 aliphatic rings. The molecule has 0 bridgehead atoms. The first-order valence-corrected chi connectivity index (χ1v) is 11.0. The van der Waals surface area contributed by atoms with Gasteiger partial charge < -0.3 is 26.7 Å². The van der Waals surface area contributed by atoms with Gasteiger partial charge in [-0.3, -0.25) is 9.78 Å². The highest BCUT2D eigenvalue weighted by Gasteiger charge is 2.41. The molecule has 3 rings (SSSR count). The Kier molecular flexibility index (Phi) is 7.34. The molecule has 6 N–H and O–H groups in total. The van der Waals surface area contributed by atoms with E-state index in [1.165, 1.54) is 12.4 Å². The van der Waals surface area contributed by atoms with E-state index < -0.39 is 30.1 Å². The van der Waals surface area contributed by atoms with Crippen molar-refractivity contribution in [2.45, 2.75) is 45.5 Å². The second kappa shape index (κ2) is 9.90. The van der Waals surface area contributed by atoms with Crippen molar-refractivity contribution in [3.8, 4) is 11.1 Å². The number of aromatic amines is 1. The molecule has 0 saturated heterocycles. The number of nitrogens with zero attached hydrogens (tertiary/aromatic N) is 2. The van der Waals surface area contributed by atoms with Crippen LogP contribution in [0.5, 0.6) is 0 Å². The Labute approximate surface area is 200 Å². The maximum absolute atomic E-state index is 12.8. The summed E-state index contributed by atoms with van der Waals surface area (Å²) >= 11 is 0. The number of anilines is 1. The maximum atomic E-state index is 12.8. The number of rotatable bonds is 7. The molecule has 35 heavy (non-hydrogen) atoms. The van der Waals surface area contributed by atoms with Crippen LogP contribution in [0.2, 0.25) is 0 Å². The van der Waals surface area contributed by atoms with Gasteiger partial charge in [0.2, 0.25) is 5.91 Å². The summed E-state index contributed by atoms with van der Waals surface area (Å²) in [5.74, 6) is -1.49. The van der Waals surface area contributed by atoms with Crippen LogP contribution in [0.25, 0.3) is 22.2 Å². The third-order valence-corrected chi connectivity index (χ3v) is 5.47. The van der Waals surface area contributed by atoms with Crippen LogP contribution in [-0.4, -0.2) is 45.7 Å². The summed E-state index contributed by atoms with van der Waals surface area (Å²) in [7, 11) is 0. The molecule has 1 atom stereocenters. The minimum absolute atomic E-state index is 0.0471. The smallest absolute Gasteiger partial charge is 0.346 e. The van der Waals surface area contributed by atoms with Gasteiger partial charge in [-0.1, -0.05) is 13.8 Å². The van der Waals surface area contributed by atoms with E-state index in [4.69, 9.17) is 5.73 Å². The summed E-state index contributed by atoms with van der Waals surface area (Å²) in [4.78, 5) is 36.4. The molecule has 188 valence electrons. The highest BCUT2D eigenvalue weighted by molar-refractivity contribution is 5.98. The Morgan fingerprint density at radius 1 is 1.11 bits per heavy atom. The van der Waals surface area contributed by atoms with Gasteiger partial charge in [0.1, 0.15) is 17.7 Å².